The SMILES string of the molecule is CN=C(NCCCSc1nccs1)NCc1ccc(CN2CCCC2)cc1.I. The molecule has 1 fully saturated rings. The Kier molecular flexibility index (Phi) is 11.2. The van der Waals surface area contributed by atoms with E-state index in [-0.39, 0.29) is 24.0 Å². The maximum absolute atomic E-state index is 4.31. The van der Waals surface area contributed by atoms with Crippen LogP contribution < -0.4 is 10.6 Å². The Labute approximate surface area is 193 Å². The van der Waals surface area contributed by atoms with Crippen molar-refractivity contribution in [2.75, 3.05) is 32.4 Å². The van der Waals surface area contributed by atoms with Crippen LogP contribution in [0.3, 0.4) is 0 Å². The van der Waals surface area contributed by atoms with Gasteiger partial charge in [-0.3, -0.25) is 9.89 Å². The first-order valence-corrected chi connectivity index (χ1v) is 11.5. The van der Waals surface area contributed by atoms with E-state index in [0.717, 1.165) is 42.1 Å². The standard InChI is InChI=1S/C20H29N5S2.HI/c1-21-19(22-9-4-13-26-20-23-10-14-27-20)24-15-17-5-7-18(8-6-17)16-25-11-2-3-12-25;/h5-8,10,14H,2-4,9,11-13,15-16H2,1H3,(H2,21,22,24);1H. The van der Waals surface area contributed by atoms with Gasteiger partial charge in [0, 0.05) is 44.0 Å². The molecule has 8 heteroatoms. The summed E-state index contributed by atoms with van der Waals surface area (Å²) in [5.41, 5.74) is 2.68. The molecule has 1 saturated heterocycles. The van der Waals surface area contributed by atoms with Crippen LogP contribution in [0.2, 0.25) is 0 Å². The summed E-state index contributed by atoms with van der Waals surface area (Å²) in [6.45, 7) is 5.27. The fraction of sp³-hybridized carbons (Fsp3) is 0.500. The maximum atomic E-state index is 4.31. The van der Waals surface area contributed by atoms with Crippen molar-refractivity contribution in [2.45, 2.75) is 36.7 Å². The fourth-order valence-corrected chi connectivity index (χ4v) is 4.74. The summed E-state index contributed by atoms with van der Waals surface area (Å²) >= 11 is 3.51. The van der Waals surface area contributed by atoms with E-state index in [1.54, 1.807) is 11.3 Å². The first-order chi connectivity index (χ1) is 13.3. The minimum atomic E-state index is 0. The molecule has 0 aliphatic carbocycles. The molecule has 2 heterocycles. The first kappa shape index (κ1) is 23.4. The van der Waals surface area contributed by atoms with E-state index in [0.29, 0.717) is 0 Å². The lowest BCUT2D eigenvalue weighted by Gasteiger charge is -2.15. The number of hydrogen-bond acceptors (Lipinski definition) is 5. The predicted molar refractivity (Wildman–Crippen MR) is 132 cm³/mol. The summed E-state index contributed by atoms with van der Waals surface area (Å²) < 4.78 is 1.14. The van der Waals surface area contributed by atoms with Crippen LogP contribution in [0.4, 0.5) is 0 Å². The van der Waals surface area contributed by atoms with Gasteiger partial charge in [-0.2, -0.15) is 0 Å². The number of aromatic nitrogens is 1. The van der Waals surface area contributed by atoms with Gasteiger partial charge in [0.15, 0.2) is 5.96 Å². The predicted octanol–water partition coefficient (Wildman–Crippen LogP) is 4.20. The average Bonchev–Trinajstić information content (AvgIpc) is 3.39. The minimum Gasteiger partial charge on any atom is -0.356 e. The average molecular weight is 532 g/mol. The summed E-state index contributed by atoms with van der Waals surface area (Å²) in [5, 5.41) is 8.79. The first-order valence-electron chi connectivity index (χ1n) is 9.60. The highest BCUT2D eigenvalue weighted by atomic mass is 127. The number of halogens is 1. The Morgan fingerprint density at radius 3 is 2.61 bits per heavy atom. The van der Waals surface area contributed by atoms with Crippen LogP contribution in [-0.2, 0) is 13.1 Å². The molecule has 1 aromatic carbocycles. The van der Waals surface area contributed by atoms with Gasteiger partial charge in [-0.15, -0.1) is 35.3 Å². The van der Waals surface area contributed by atoms with Gasteiger partial charge in [0.1, 0.15) is 4.34 Å². The van der Waals surface area contributed by atoms with E-state index >= 15 is 0 Å². The Morgan fingerprint density at radius 2 is 1.93 bits per heavy atom. The van der Waals surface area contributed by atoms with Gasteiger partial charge in [0.05, 0.1) is 0 Å². The van der Waals surface area contributed by atoms with Crippen molar-refractivity contribution in [3.05, 3.63) is 47.0 Å². The number of nitrogens with zero attached hydrogens (tertiary/aromatic N) is 3. The van der Waals surface area contributed by atoms with Crippen molar-refractivity contribution in [2.24, 2.45) is 4.99 Å². The van der Waals surface area contributed by atoms with Crippen LogP contribution in [0.25, 0.3) is 0 Å². The molecule has 0 saturated carbocycles. The van der Waals surface area contributed by atoms with Crippen LogP contribution in [0.1, 0.15) is 30.4 Å². The highest BCUT2D eigenvalue weighted by Gasteiger charge is 2.11. The zero-order valence-electron chi connectivity index (χ0n) is 16.4. The Morgan fingerprint density at radius 1 is 1.18 bits per heavy atom. The Hall–Kier alpha value is -0.840. The zero-order valence-corrected chi connectivity index (χ0v) is 20.4. The van der Waals surface area contributed by atoms with Gasteiger partial charge in [0.2, 0.25) is 0 Å². The van der Waals surface area contributed by atoms with Crippen LogP contribution >= 0.6 is 47.1 Å². The maximum Gasteiger partial charge on any atom is 0.191 e. The van der Waals surface area contributed by atoms with Crippen LogP contribution in [-0.4, -0.2) is 48.3 Å². The molecule has 0 atom stereocenters. The van der Waals surface area contributed by atoms with Crippen LogP contribution in [0.5, 0.6) is 0 Å². The Bertz CT molecular complexity index is 685. The second-order valence-electron chi connectivity index (χ2n) is 6.65. The smallest absolute Gasteiger partial charge is 0.191 e. The van der Waals surface area contributed by atoms with Crippen molar-refractivity contribution in [1.29, 1.82) is 0 Å². The number of hydrogen-bond donors (Lipinski definition) is 2. The quantitative estimate of drug-likeness (QED) is 0.167. The lowest BCUT2D eigenvalue weighted by Crippen LogP contribution is -2.37. The minimum absolute atomic E-state index is 0. The number of aliphatic imine (C=N–C) groups is 1. The summed E-state index contributed by atoms with van der Waals surface area (Å²) in [6, 6.07) is 8.94. The number of benzene rings is 1. The number of rotatable bonds is 9. The topological polar surface area (TPSA) is 52.6 Å². The molecule has 0 bridgehead atoms. The van der Waals surface area contributed by atoms with Gasteiger partial charge in [0.25, 0.3) is 0 Å². The van der Waals surface area contributed by atoms with E-state index < -0.39 is 0 Å². The van der Waals surface area contributed by atoms with Gasteiger partial charge in [-0.05, 0) is 43.5 Å². The zero-order chi connectivity index (χ0) is 18.7. The molecule has 1 aliphatic rings. The number of likely N-dealkylation sites (tertiary alicyclic amines) is 1. The second kappa shape index (κ2) is 13.4. The largest absolute Gasteiger partial charge is 0.356 e. The van der Waals surface area contributed by atoms with E-state index in [1.165, 1.54) is 37.1 Å². The van der Waals surface area contributed by atoms with Gasteiger partial charge < -0.3 is 10.6 Å². The molecule has 0 radical (unpaired) electrons. The molecular formula is C20H30IN5S2. The van der Waals surface area contributed by atoms with E-state index in [1.807, 2.05) is 30.4 Å². The van der Waals surface area contributed by atoms with Crippen LogP contribution in [0, 0.1) is 0 Å². The van der Waals surface area contributed by atoms with E-state index in [4.69, 9.17) is 0 Å². The van der Waals surface area contributed by atoms with Crippen molar-refractivity contribution in [3.8, 4) is 0 Å². The van der Waals surface area contributed by atoms with Crippen LogP contribution in [0.15, 0.2) is 45.2 Å². The molecule has 0 spiro atoms. The fourth-order valence-electron chi connectivity index (χ4n) is 3.09. The molecule has 5 nitrogen and oxygen atoms in total. The van der Waals surface area contributed by atoms with Gasteiger partial charge >= 0.3 is 0 Å². The molecule has 154 valence electrons. The Balaban J connectivity index is 0.00000280. The lowest BCUT2D eigenvalue weighted by atomic mass is 10.1. The van der Waals surface area contributed by atoms with Gasteiger partial charge in [-0.1, -0.05) is 36.0 Å². The molecule has 0 amide bonds. The molecule has 1 aliphatic heterocycles. The van der Waals surface area contributed by atoms with Crippen molar-refractivity contribution in [1.82, 2.24) is 20.5 Å². The highest BCUT2D eigenvalue weighted by Crippen LogP contribution is 2.20. The molecule has 2 N–H and O–H groups in total. The third-order valence-corrected chi connectivity index (χ3v) is 6.61. The summed E-state index contributed by atoms with van der Waals surface area (Å²) in [4.78, 5) is 11.1. The molecule has 28 heavy (non-hydrogen) atoms. The molecule has 0 unspecified atom stereocenters. The second-order valence-corrected chi connectivity index (χ2v) is 8.89. The van der Waals surface area contributed by atoms with Gasteiger partial charge in [-0.25, -0.2) is 4.98 Å². The monoisotopic (exact) mass is 531 g/mol. The molecule has 1 aromatic heterocycles. The highest BCUT2D eigenvalue weighted by molar-refractivity contribution is 14.0. The van der Waals surface area contributed by atoms with Crippen molar-refractivity contribution in [3.63, 3.8) is 0 Å². The summed E-state index contributed by atoms with van der Waals surface area (Å²) in [7, 11) is 1.82. The number of nitrogens with one attached hydrogen (secondary N) is 2. The summed E-state index contributed by atoms with van der Waals surface area (Å²) in [6.07, 6.45) is 5.63. The lowest BCUT2D eigenvalue weighted by molar-refractivity contribution is 0.331. The van der Waals surface area contributed by atoms with E-state index in [2.05, 4.69) is 49.8 Å². The molecule has 3 rings (SSSR count). The third-order valence-electron chi connectivity index (χ3n) is 4.56. The van der Waals surface area contributed by atoms with Crippen molar-refractivity contribution >= 4 is 53.0 Å². The van der Waals surface area contributed by atoms with E-state index in [9.17, 15) is 0 Å². The molecule has 2 aromatic rings. The summed E-state index contributed by atoms with van der Waals surface area (Å²) in [5.74, 6) is 1.92. The molecular weight excluding hydrogens is 501 g/mol. The third kappa shape index (κ3) is 8.26. The van der Waals surface area contributed by atoms with Crippen molar-refractivity contribution < 1.29 is 0 Å². The number of guanidine groups is 1. The number of thiazole rings is 1. The number of thioether (sulfide) groups is 1. The normalized spacial score (nSPS) is 14.7.